The Labute approximate surface area is 110 Å². The number of ether oxygens (including phenoxy) is 2. The summed E-state index contributed by atoms with van der Waals surface area (Å²) in [5.74, 6) is 1.83. The highest BCUT2D eigenvalue weighted by Crippen LogP contribution is 2.23. The summed E-state index contributed by atoms with van der Waals surface area (Å²) in [5.41, 5.74) is 0.447. The third kappa shape index (κ3) is 3.13. The number of methoxy groups -OCH3 is 1. The second-order valence-corrected chi connectivity index (χ2v) is 3.72. The fourth-order valence-electron chi connectivity index (χ4n) is 1.53. The summed E-state index contributed by atoms with van der Waals surface area (Å²) in [7, 11) is 1.52. The molecule has 0 saturated carbocycles. The smallest absolute Gasteiger partial charge is 0.185 e. The first-order valence-electron chi connectivity index (χ1n) is 5.51. The lowest BCUT2D eigenvalue weighted by molar-refractivity contribution is 0.109. The fraction of sp³-hybridized carbons (Fsp3) is 0.143. The molecular formula is C14H11NO4. The molecule has 0 N–H and O–H groups in total. The SMILES string of the molecule is COc1cc(C#N)cc(OCc2ccc(C=O)o2)c1. The van der Waals surface area contributed by atoms with Gasteiger partial charge < -0.3 is 13.9 Å². The third-order valence-electron chi connectivity index (χ3n) is 2.42. The van der Waals surface area contributed by atoms with E-state index in [0.29, 0.717) is 29.1 Å². The first-order valence-corrected chi connectivity index (χ1v) is 5.51. The minimum Gasteiger partial charge on any atom is -0.497 e. The molecule has 0 bridgehead atoms. The van der Waals surface area contributed by atoms with Crippen LogP contribution in [-0.4, -0.2) is 13.4 Å². The number of nitriles is 1. The lowest BCUT2D eigenvalue weighted by Gasteiger charge is -2.07. The molecule has 0 radical (unpaired) electrons. The zero-order valence-corrected chi connectivity index (χ0v) is 10.3. The van der Waals surface area contributed by atoms with Crippen LogP contribution in [0.3, 0.4) is 0 Å². The van der Waals surface area contributed by atoms with Crippen LogP contribution in [0.25, 0.3) is 0 Å². The van der Waals surface area contributed by atoms with Gasteiger partial charge in [0.25, 0.3) is 0 Å². The molecule has 5 heteroatoms. The van der Waals surface area contributed by atoms with Crippen molar-refractivity contribution < 1.29 is 18.7 Å². The van der Waals surface area contributed by atoms with Crippen molar-refractivity contribution in [3.05, 3.63) is 47.4 Å². The zero-order chi connectivity index (χ0) is 13.7. The molecule has 5 nitrogen and oxygen atoms in total. The van der Waals surface area contributed by atoms with Gasteiger partial charge >= 0.3 is 0 Å². The molecule has 0 spiro atoms. The number of hydrogen-bond donors (Lipinski definition) is 0. The van der Waals surface area contributed by atoms with Crippen molar-refractivity contribution >= 4 is 6.29 Å². The largest absolute Gasteiger partial charge is 0.497 e. The van der Waals surface area contributed by atoms with Gasteiger partial charge in [-0.2, -0.15) is 5.26 Å². The average molecular weight is 257 g/mol. The van der Waals surface area contributed by atoms with Crippen molar-refractivity contribution in [2.45, 2.75) is 6.61 Å². The van der Waals surface area contributed by atoms with Crippen LogP contribution in [0.5, 0.6) is 11.5 Å². The highest BCUT2D eigenvalue weighted by Gasteiger charge is 2.05. The lowest BCUT2D eigenvalue weighted by atomic mass is 10.2. The van der Waals surface area contributed by atoms with Gasteiger partial charge in [0.1, 0.15) is 23.9 Å². The Bertz CT molecular complexity index is 625. The highest BCUT2D eigenvalue weighted by molar-refractivity contribution is 5.70. The van der Waals surface area contributed by atoms with Crippen LogP contribution in [0.4, 0.5) is 0 Å². The quantitative estimate of drug-likeness (QED) is 0.769. The molecular weight excluding hydrogens is 246 g/mol. The minimum atomic E-state index is 0.172. The molecule has 0 fully saturated rings. The van der Waals surface area contributed by atoms with Gasteiger partial charge in [-0.1, -0.05) is 0 Å². The van der Waals surface area contributed by atoms with Crippen LogP contribution in [0.2, 0.25) is 0 Å². The highest BCUT2D eigenvalue weighted by atomic mass is 16.5. The number of aldehydes is 1. The molecule has 1 aromatic heterocycles. The van der Waals surface area contributed by atoms with E-state index in [2.05, 4.69) is 0 Å². The normalized spacial score (nSPS) is 9.68. The van der Waals surface area contributed by atoms with Crippen LogP contribution >= 0.6 is 0 Å². The summed E-state index contributed by atoms with van der Waals surface area (Å²) in [4.78, 5) is 10.5. The molecule has 0 aliphatic carbocycles. The first-order chi connectivity index (χ1) is 9.25. The van der Waals surface area contributed by atoms with E-state index >= 15 is 0 Å². The van der Waals surface area contributed by atoms with Gasteiger partial charge in [0.2, 0.25) is 0 Å². The summed E-state index contributed by atoms with van der Waals surface area (Å²) in [6, 6.07) is 10.1. The second kappa shape index (κ2) is 5.74. The summed E-state index contributed by atoms with van der Waals surface area (Å²) in [6.07, 6.45) is 0.628. The molecule has 0 aliphatic rings. The van der Waals surface area contributed by atoms with Crippen molar-refractivity contribution in [2.75, 3.05) is 7.11 Å². The molecule has 96 valence electrons. The number of carbonyl (C=O) groups is 1. The molecule has 0 saturated heterocycles. The number of carbonyl (C=O) groups excluding carboxylic acids is 1. The Hall–Kier alpha value is -2.74. The molecule has 0 aliphatic heterocycles. The van der Waals surface area contributed by atoms with Gasteiger partial charge in [-0.25, -0.2) is 0 Å². The molecule has 19 heavy (non-hydrogen) atoms. The van der Waals surface area contributed by atoms with Crippen molar-refractivity contribution in [3.63, 3.8) is 0 Å². The Morgan fingerprint density at radius 3 is 2.74 bits per heavy atom. The van der Waals surface area contributed by atoms with E-state index in [-0.39, 0.29) is 12.4 Å². The molecule has 2 rings (SSSR count). The lowest BCUT2D eigenvalue weighted by Crippen LogP contribution is -1.95. The maximum absolute atomic E-state index is 10.5. The second-order valence-electron chi connectivity index (χ2n) is 3.72. The summed E-state index contributed by atoms with van der Waals surface area (Å²) >= 11 is 0. The predicted octanol–water partition coefficient (Wildman–Crippen LogP) is 2.55. The van der Waals surface area contributed by atoms with Gasteiger partial charge in [-0.15, -0.1) is 0 Å². The van der Waals surface area contributed by atoms with Gasteiger partial charge in [0, 0.05) is 6.07 Å². The standard InChI is InChI=1S/C14H11NO4/c1-17-13-4-10(7-15)5-14(6-13)18-9-12-3-2-11(8-16)19-12/h2-6,8H,9H2,1H3. The Morgan fingerprint density at radius 2 is 2.11 bits per heavy atom. The van der Waals surface area contributed by atoms with E-state index in [1.807, 2.05) is 6.07 Å². The summed E-state index contributed by atoms with van der Waals surface area (Å²) in [6.45, 7) is 0.172. The van der Waals surface area contributed by atoms with Gasteiger partial charge in [-0.05, 0) is 24.3 Å². The first kappa shape index (κ1) is 12.7. The van der Waals surface area contributed by atoms with E-state index in [9.17, 15) is 4.79 Å². The van der Waals surface area contributed by atoms with Crippen molar-refractivity contribution in [2.24, 2.45) is 0 Å². The van der Waals surface area contributed by atoms with Crippen LogP contribution in [0.15, 0.2) is 34.7 Å². The van der Waals surface area contributed by atoms with Gasteiger partial charge in [0.15, 0.2) is 12.0 Å². The molecule has 0 unspecified atom stereocenters. The summed E-state index contributed by atoms with van der Waals surface area (Å²) < 4.78 is 15.7. The van der Waals surface area contributed by atoms with Gasteiger partial charge in [0.05, 0.1) is 18.7 Å². The van der Waals surface area contributed by atoms with Gasteiger partial charge in [-0.3, -0.25) is 4.79 Å². The Morgan fingerprint density at radius 1 is 1.32 bits per heavy atom. The molecule has 2 aromatic rings. The van der Waals surface area contributed by atoms with E-state index < -0.39 is 0 Å². The van der Waals surface area contributed by atoms with Crippen LogP contribution in [-0.2, 0) is 6.61 Å². The van der Waals surface area contributed by atoms with Crippen molar-refractivity contribution in [3.8, 4) is 17.6 Å². The number of benzene rings is 1. The number of furan rings is 1. The molecule has 1 heterocycles. The maximum atomic E-state index is 10.5. The van der Waals surface area contributed by atoms with Crippen LogP contribution in [0, 0.1) is 11.3 Å². The third-order valence-corrected chi connectivity index (χ3v) is 2.42. The number of nitrogens with zero attached hydrogens (tertiary/aromatic N) is 1. The molecule has 1 aromatic carbocycles. The predicted molar refractivity (Wildman–Crippen MR) is 66.1 cm³/mol. The molecule has 0 atom stereocenters. The maximum Gasteiger partial charge on any atom is 0.185 e. The fourth-order valence-corrected chi connectivity index (χ4v) is 1.53. The zero-order valence-electron chi connectivity index (χ0n) is 10.3. The average Bonchev–Trinajstić information content (AvgIpc) is 2.92. The molecule has 0 amide bonds. The monoisotopic (exact) mass is 257 g/mol. The van der Waals surface area contributed by atoms with E-state index in [1.54, 1.807) is 30.3 Å². The van der Waals surface area contributed by atoms with Crippen molar-refractivity contribution in [1.29, 1.82) is 5.26 Å². The van der Waals surface area contributed by atoms with Crippen LogP contribution < -0.4 is 9.47 Å². The van der Waals surface area contributed by atoms with E-state index in [4.69, 9.17) is 19.2 Å². The van der Waals surface area contributed by atoms with Crippen molar-refractivity contribution in [1.82, 2.24) is 0 Å². The topological polar surface area (TPSA) is 72.5 Å². The number of hydrogen-bond acceptors (Lipinski definition) is 5. The summed E-state index contributed by atoms with van der Waals surface area (Å²) in [5, 5.41) is 8.88. The van der Waals surface area contributed by atoms with Crippen LogP contribution in [0.1, 0.15) is 21.9 Å². The van der Waals surface area contributed by atoms with E-state index in [1.165, 1.54) is 7.11 Å². The Kier molecular flexibility index (Phi) is 3.84. The minimum absolute atomic E-state index is 0.172. The Balaban J connectivity index is 2.10. The van der Waals surface area contributed by atoms with E-state index in [0.717, 1.165) is 0 Å². The number of rotatable bonds is 5.